The van der Waals surface area contributed by atoms with Crippen molar-refractivity contribution in [3.63, 3.8) is 0 Å². The molecule has 1 aromatic rings. The van der Waals surface area contributed by atoms with Gasteiger partial charge in [-0.1, -0.05) is 11.6 Å². The predicted octanol–water partition coefficient (Wildman–Crippen LogP) is 1.88. The van der Waals surface area contributed by atoms with E-state index in [9.17, 15) is 14.0 Å². The number of carboxylic acid groups (broad SMARTS) is 2. The number of rotatable bonds is 2. The van der Waals surface area contributed by atoms with Crippen molar-refractivity contribution in [2.75, 3.05) is 0 Å². The van der Waals surface area contributed by atoms with Gasteiger partial charge in [-0.05, 0) is 12.1 Å². The summed E-state index contributed by atoms with van der Waals surface area (Å²) in [7, 11) is 0. The molecule has 2 N–H and O–H groups in total. The molecule has 0 radical (unpaired) electrons. The summed E-state index contributed by atoms with van der Waals surface area (Å²) in [5.74, 6) is -4.48. The van der Waals surface area contributed by atoms with Crippen LogP contribution in [0.3, 0.4) is 0 Å². The summed E-state index contributed by atoms with van der Waals surface area (Å²) in [6, 6.07) is 1.93. The Balaban J connectivity index is 3.49. The first-order valence-corrected chi connectivity index (χ1v) is 3.77. The van der Waals surface area contributed by atoms with Gasteiger partial charge >= 0.3 is 11.9 Å². The van der Waals surface area contributed by atoms with Crippen LogP contribution in [0.5, 0.6) is 0 Å². The lowest BCUT2D eigenvalue weighted by Gasteiger charge is -2.03. The molecule has 0 amide bonds. The first kappa shape index (κ1) is 10.5. The zero-order chi connectivity index (χ0) is 10.9. The van der Waals surface area contributed by atoms with Gasteiger partial charge in [0.2, 0.25) is 0 Å². The second-order valence-electron chi connectivity index (χ2n) is 2.39. The first-order chi connectivity index (χ1) is 6.45. The van der Waals surface area contributed by atoms with E-state index in [0.717, 1.165) is 12.1 Å². The number of carboxylic acids is 2. The molecule has 6 heteroatoms. The van der Waals surface area contributed by atoms with Crippen LogP contribution >= 0.6 is 11.6 Å². The Labute approximate surface area is 82.5 Å². The maximum Gasteiger partial charge on any atom is 0.340 e. The molecule has 1 rings (SSSR count). The summed E-state index contributed by atoms with van der Waals surface area (Å²) in [4.78, 5) is 20.9. The van der Waals surface area contributed by atoms with Crippen LogP contribution in [0, 0.1) is 5.82 Å². The maximum atomic E-state index is 13.2. The van der Waals surface area contributed by atoms with E-state index in [4.69, 9.17) is 21.8 Å². The number of halogens is 2. The Bertz CT molecular complexity index is 416. The van der Waals surface area contributed by atoms with Gasteiger partial charge in [-0.2, -0.15) is 0 Å². The summed E-state index contributed by atoms with van der Waals surface area (Å²) < 4.78 is 13.2. The molecule has 0 aliphatic rings. The molecule has 0 unspecified atom stereocenters. The van der Waals surface area contributed by atoms with Crippen molar-refractivity contribution in [1.29, 1.82) is 0 Å². The molecule has 0 heterocycles. The van der Waals surface area contributed by atoms with E-state index >= 15 is 0 Å². The molecule has 0 aromatic heterocycles. The number of hydrogen-bond donors (Lipinski definition) is 2. The van der Waals surface area contributed by atoms with Crippen molar-refractivity contribution in [3.05, 3.63) is 34.1 Å². The first-order valence-electron chi connectivity index (χ1n) is 3.39. The van der Waals surface area contributed by atoms with Crippen molar-refractivity contribution < 1.29 is 24.2 Å². The van der Waals surface area contributed by atoms with E-state index in [0.29, 0.717) is 0 Å². The third-order valence-electron chi connectivity index (χ3n) is 1.54. The van der Waals surface area contributed by atoms with Crippen LogP contribution in [0.25, 0.3) is 0 Å². The quantitative estimate of drug-likeness (QED) is 0.795. The Morgan fingerprint density at radius 3 is 2.21 bits per heavy atom. The topological polar surface area (TPSA) is 74.6 Å². The minimum absolute atomic E-state index is 0.333. The van der Waals surface area contributed by atoms with Crippen LogP contribution in [0.2, 0.25) is 5.02 Å². The fraction of sp³-hybridized carbons (Fsp3) is 0. The highest BCUT2D eigenvalue weighted by atomic mass is 35.5. The average molecular weight is 219 g/mol. The van der Waals surface area contributed by atoms with Crippen molar-refractivity contribution in [1.82, 2.24) is 0 Å². The van der Waals surface area contributed by atoms with Crippen molar-refractivity contribution >= 4 is 23.5 Å². The standard InChI is InChI=1S/C8H4ClFO4/c9-4-2-1-3(7(11)12)6(10)5(4)8(13)14/h1-2H,(H,11,12)(H,13,14). The molecule has 14 heavy (non-hydrogen) atoms. The van der Waals surface area contributed by atoms with Gasteiger partial charge in [-0.25, -0.2) is 14.0 Å². The zero-order valence-electron chi connectivity index (χ0n) is 6.62. The van der Waals surface area contributed by atoms with Gasteiger partial charge < -0.3 is 10.2 Å². The number of aromatic carboxylic acids is 2. The SMILES string of the molecule is O=C(O)c1ccc(Cl)c(C(=O)O)c1F. The third kappa shape index (κ3) is 1.67. The summed E-state index contributed by atoms with van der Waals surface area (Å²) in [5, 5.41) is 16.7. The Morgan fingerprint density at radius 1 is 1.21 bits per heavy atom. The molecule has 1 aromatic carbocycles. The van der Waals surface area contributed by atoms with Gasteiger partial charge in [0.25, 0.3) is 0 Å². The van der Waals surface area contributed by atoms with Crippen molar-refractivity contribution in [3.8, 4) is 0 Å². The van der Waals surface area contributed by atoms with E-state index in [2.05, 4.69) is 0 Å². The molecule has 4 nitrogen and oxygen atoms in total. The monoisotopic (exact) mass is 218 g/mol. The highest BCUT2D eigenvalue weighted by molar-refractivity contribution is 6.33. The molecule has 0 aliphatic heterocycles. The van der Waals surface area contributed by atoms with Crippen molar-refractivity contribution in [2.24, 2.45) is 0 Å². The normalized spacial score (nSPS) is 9.86. The molecule has 0 saturated carbocycles. The zero-order valence-corrected chi connectivity index (χ0v) is 7.38. The van der Waals surface area contributed by atoms with Gasteiger partial charge in [0.1, 0.15) is 5.56 Å². The van der Waals surface area contributed by atoms with Crippen LogP contribution in [0.1, 0.15) is 20.7 Å². The van der Waals surface area contributed by atoms with E-state index in [1.807, 2.05) is 0 Å². The molecular weight excluding hydrogens is 215 g/mol. The highest BCUT2D eigenvalue weighted by Crippen LogP contribution is 2.22. The fourth-order valence-electron chi connectivity index (χ4n) is 0.914. The van der Waals surface area contributed by atoms with Crippen LogP contribution < -0.4 is 0 Å². The van der Waals surface area contributed by atoms with Gasteiger partial charge in [-0.15, -0.1) is 0 Å². The second-order valence-corrected chi connectivity index (χ2v) is 2.80. The van der Waals surface area contributed by atoms with Crippen LogP contribution in [0.15, 0.2) is 12.1 Å². The maximum absolute atomic E-state index is 13.2. The van der Waals surface area contributed by atoms with Crippen molar-refractivity contribution in [2.45, 2.75) is 0 Å². The Morgan fingerprint density at radius 2 is 1.79 bits per heavy atom. The fourth-order valence-corrected chi connectivity index (χ4v) is 1.14. The highest BCUT2D eigenvalue weighted by Gasteiger charge is 2.21. The van der Waals surface area contributed by atoms with Crippen LogP contribution in [0.4, 0.5) is 4.39 Å². The third-order valence-corrected chi connectivity index (χ3v) is 1.85. The summed E-state index contributed by atoms with van der Waals surface area (Å²) in [5.41, 5.74) is -1.54. The number of benzene rings is 1. The van der Waals surface area contributed by atoms with Crippen LogP contribution in [-0.4, -0.2) is 22.2 Å². The van der Waals surface area contributed by atoms with Gasteiger partial charge in [0.05, 0.1) is 10.6 Å². The molecule has 74 valence electrons. The lowest BCUT2D eigenvalue weighted by Crippen LogP contribution is -2.08. The Kier molecular flexibility index (Phi) is 2.71. The van der Waals surface area contributed by atoms with E-state index in [1.54, 1.807) is 0 Å². The van der Waals surface area contributed by atoms with E-state index in [-0.39, 0.29) is 5.02 Å². The minimum Gasteiger partial charge on any atom is -0.478 e. The minimum atomic E-state index is -1.60. The van der Waals surface area contributed by atoms with E-state index in [1.165, 1.54) is 0 Å². The smallest absolute Gasteiger partial charge is 0.340 e. The molecule has 0 aliphatic carbocycles. The van der Waals surface area contributed by atoms with Gasteiger partial charge in [-0.3, -0.25) is 0 Å². The van der Waals surface area contributed by atoms with Gasteiger partial charge in [0.15, 0.2) is 5.82 Å². The molecule has 0 fully saturated rings. The molecule has 0 bridgehead atoms. The molecular formula is C8H4ClFO4. The summed E-state index contributed by atoms with van der Waals surface area (Å²) >= 11 is 5.39. The van der Waals surface area contributed by atoms with E-state index < -0.39 is 28.9 Å². The summed E-state index contributed by atoms with van der Waals surface area (Å²) in [6.07, 6.45) is 0. The number of carbonyl (C=O) groups is 2. The number of hydrogen-bond acceptors (Lipinski definition) is 2. The molecule has 0 saturated heterocycles. The van der Waals surface area contributed by atoms with Gasteiger partial charge in [0, 0.05) is 0 Å². The predicted molar refractivity (Wildman–Crippen MR) is 45.3 cm³/mol. The van der Waals surface area contributed by atoms with Crippen LogP contribution in [-0.2, 0) is 0 Å². The summed E-state index contributed by atoms with van der Waals surface area (Å²) in [6.45, 7) is 0. The average Bonchev–Trinajstić information content (AvgIpc) is 2.02. The largest absolute Gasteiger partial charge is 0.478 e. The lowest BCUT2D eigenvalue weighted by molar-refractivity contribution is 0.0688. The molecule has 0 spiro atoms. The lowest BCUT2D eigenvalue weighted by atomic mass is 10.1. The second kappa shape index (κ2) is 3.63. The molecule has 0 atom stereocenters. The Hall–Kier alpha value is -1.62.